The molecule has 0 spiro atoms. The quantitative estimate of drug-likeness (QED) is 0.242. The molecule has 1 aliphatic heterocycles. The number of benzene rings is 1. The Hall–Kier alpha value is -1.10. The third kappa shape index (κ3) is 6.45. The standard InChI is InChI=1S/C21H30F4N4.HI/c1-3-28(15-21(23,24)25)12-16-8-11-29(13-16)19(26-2)27-14-20(9-10-20)17-6-4-5-7-18(17)22;/h4-7,16H,3,8-15H2,1-2H3,(H,26,27);1H. The van der Waals surface area contributed by atoms with Crippen molar-refractivity contribution < 1.29 is 17.6 Å². The zero-order valence-electron chi connectivity index (χ0n) is 17.5. The normalized spacial score (nSPS) is 21.0. The minimum absolute atomic E-state index is 0. The van der Waals surface area contributed by atoms with Gasteiger partial charge in [-0.3, -0.25) is 9.89 Å². The second kappa shape index (κ2) is 10.5. The molecule has 9 heteroatoms. The molecule has 1 unspecified atom stereocenters. The summed E-state index contributed by atoms with van der Waals surface area (Å²) in [6.07, 6.45) is -1.46. The highest BCUT2D eigenvalue weighted by Gasteiger charge is 2.46. The summed E-state index contributed by atoms with van der Waals surface area (Å²) in [6, 6.07) is 6.90. The van der Waals surface area contributed by atoms with Gasteiger partial charge in [0.15, 0.2) is 5.96 Å². The second-order valence-electron chi connectivity index (χ2n) is 8.20. The molecule has 1 heterocycles. The summed E-state index contributed by atoms with van der Waals surface area (Å²) < 4.78 is 52.3. The maximum absolute atomic E-state index is 14.2. The van der Waals surface area contributed by atoms with Gasteiger partial charge in [0.1, 0.15) is 5.82 Å². The molecule has 1 saturated heterocycles. The van der Waals surface area contributed by atoms with E-state index in [-0.39, 0.29) is 41.1 Å². The number of nitrogens with zero attached hydrogens (tertiary/aromatic N) is 3. The van der Waals surface area contributed by atoms with Crippen LogP contribution in [-0.4, -0.2) is 68.3 Å². The van der Waals surface area contributed by atoms with Crippen molar-refractivity contribution in [2.75, 3.05) is 46.3 Å². The molecule has 3 rings (SSSR count). The van der Waals surface area contributed by atoms with Crippen LogP contribution >= 0.6 is 24.0 Å². The van der Waals surface area contributed by atoms with Crippen molar-refractivity contribution in [2.45, 2.75) is 37.8 Å². The van der Waals surface area contributed by atoms with Crippen molar-refractivity contribution in [1.29, 1.82) is 0 Å². The van der Waals surface area contributed by atoms with E-state index >= 15 is 0 Å². The largest absolute Gasteiger partial charge is 0.401 e. The smallest absolute Gasteiger partial charge is 0.355 e. The summed E-state index contributed by atoms with van der Waals surface area (Å²) >= 11 is 0. The van der Waals surface area contributed by atoms with Gasteiger partial charge in [0, 0.05) is 38.6 Å². The first kappa shape index (κ1) is 25.2. The second-order valence-corrected chi connectivity index (χ2v) is 8.20. The zero-order valence-corrected chi connectivity index (χ0v) is 19.8. The lowest BCUT2D eigenvalue weighted by molar-refractivity contribution is -0.146. The van der Waals surface area contributed by atoms with E-state index in [1.165, 1.54) is 11.0 Å². The summed E-state index contributed by atoms with van der Waals surface area (Å²) in [5.41, 5.74) is 0.555. The van der Waals surface area contributed by atoms with Gasteiger partial charge in [-0.25, -0.2) is 4.39 Å². The fourth-order valence-electron chi connectivity index (χ4n) is 4.26. The van der Waals surface area contributed by atoms with E-state index in [9.17, 15) is 17.6 Å². The van der Waals surface area contributed by atoms with Crippen LogP contribution in [0.1, 0.15) is 31.7 Å². The number of rotatable bonds is 7. The van der Waals surface area contributed by atoms with Gasteiger partial charge in [-0.05, 0) is 43.4 Å². The van der Waals surface area contributed by atoms with E-state index in [1.54, 1.807) is 20.0 Å². The number of hydrogen-bond donors (Lipinski definition) is 1. The number of alkyl halides is 3. The molecule has 170 valence electrons. The van der Waals surface area contributed by atoms with Crippen molar-refractivity contribution in [1.82, 2.24) is 15.1 Å². The van der Waals surface area contributed by atoms with Gasteiger partial charge in [-0.1, -0.05) is 25.1 Å². The average Bonchev–Trinajstić information content (AvgIpc) is 3.31. The van der Waals surface area contributed by atoms with Crippen molar-refractivity contribution in [3.05, 3.63) is 35.6 Å². The van der Waals surface area contributed by atoms with Crippen molar-refractivity contribution >= 4 is 29.9 Å². The molecule has 1 saturated carbocycles. The number of guanidine groups is 1. The molecule has 0 bridgehead atoms. The highest BCUT2D eigenvalue weighted by atomic mass is 127. The van der Waals surface area contributed by atoms with E-state index < -0.39 is 12.7 Å². The van der Waals surface area contributed by atoms with Crippen molar-refractivity contribution in [2.24, 2.45) is 10.9 Å². The number of nitrogens with one attached hydrogen (secondary N) is 1. The van der Waals surface area contributed by atoms with E-state index in [2.05, 4.69) is 15.2 Å². The highest BCUT2D eigenvalue weighted by Crippen LogP contribution is 2.48. The molecule has 1 N–H and O–H groups in total. The van der Waals surface area contributed by atoms with Crippen LogP contribution in [0.15, 0.2) is 29.3 Å². The third-order valence-electron chi connectivity index (χ3n) is 6.05. The van der Waals surface area contributed by atoms with E-state index in [4.69, 9.17) is 0 Å². The molecular formula is C21H31F4IN4. The Balaban J connectivity index is 0.00000320. The Morgan fingerprint density at radius 2 is 2.00 bits per heavy atom. The van der Waals surface area contributed by atoms with Gasteiger partial charge in [0.05, 0.1) is 6.54 Å². The van der Waals surface area contributed by atoms with Gasteiger partial charge in [0.2, 0.25) is 0 Å². The average molecular weight is 542 g/mol. The van der Waals surface area contributed by atoms with Crippen LogP contribution in [0.2, 0.25) is 0 Å². The Kier molecular flexibility index (Phi) is 8.79. The fraction of sp³-hybridized carbons (Fsp3) is 0.667. The van der Waals surface area contributed by atoms with E-state index in [0.29, 0.717) is 26.2 Å². The lowest BCUT2D eigenvalue weighted by Gasteiger charge is -2.27. The molecule has 0 radical (unpaired) electrons. The molecule has 1 aliphatic carbocycles. The van der Waals surface area contributed by atoms with Gasteiger partial charge < -0.3 is 10.2 Å². The van der Waals surface area contributed by atoms with Crippen molar-refractivity contribution in [3.63, 3.8) is 0 Å². The lowest BCUT2D eigenvalue weighted by Crippen LogP contribution is -2.44. The van der Waals surface area contributed by atoms with Gasteiger partial charge in [0.25, 0.3) is 0 Å². The molecule has 0 aromatic heterocycles. The van der Waals surface area contributed by atoms with Crippen LogP contribution in [0.25, 0.3) is 0 Å². The summed E-state index contributed by atoms with van der Waals surface area (Å²) in [6.45, 7) is 3.77. The van der Waals surface area contributed by atoms with Gasteiger partial charge in [-0.15, -0.1) is 24.0 Å². The fourth-order valence-corrected chi connectivity index (χ4v) is 4.26. The third-order valence-corrected chi connectivity index (χ3v) is 6.05. The minimum atomic E-state index is -4.17. The molecule has 1 aromatic carbocycles. The molecule has 30 heavy (non-hydrogen) atoms. The summed E-state index contributed by atoms with van der Waals surface area (Å²) in [5.74, 6) is 0.749. The van der Waals surface area contributed by atoms with Crippen LogP contribution in [0.4, 0.5) is 17.6 Å². The van der Waals surface area contributed by atoms with Crippen LogP contribution in [0, 0.1) is 11.7 Å². The maximum Gasteiger partial charge on any atom is 0.401 e. The SMILES string of the molecule is CCN(CC1CCN(C(=NC)NCC2(c3ccccc3F)CC2)C1)CC(F)(F)F.I. The van der Waals surface area contributed by atoms with Crippen LogP contribution in [0.5, 0.6) is 0 Å². The predicted octanol–water partition coefficient (Wildman–Crippen LogP) is 4.26. The Labute approximate surface area is 193 Å². The number of aliphatic imine (C=N–C) groups is 1. The summed E-state index contributed by atoms with van der Waals surface area (Å²) in [5, 5.41) is 3.38. The summed E-state index contributed by atoms with van der Waals surface area (Å²) in [7, 11) is 1.71. The maximum atomic E-state index is 14.2. The Bertz CT molecular complexity index is 721. The molecule has 1 atom stereocenters. The van der Waals surface area contributed by atoms with Crippen LogP contribution in [-0.2, 0) is 5.41 Å². The van der Waals surface area contributed by atoms with Crippen LogP contribution in [0.3, 0.4) is 0 Å². The molecule has 4 nitrogen and oxygen atoms in total. The Morgan fingerprint density at radius 1 is 1.30 bits per heavy atom. The monoisotopic (exact) mass is 542 g/mol. The summed E-state index contributed by atoms with van der Waals surface area (Å²) in [4.78, 5) is 7.92. The topological polar surface area (TPSA) is 30.9 Å². The van der Waals surface area contributed by atoms with Crippen molar-refractivity contribution in [3.8, 4) is 0 Å². The zero-order chi connectivity index (χ0) is 21.1. The molecule has 2 fully saturated rings. The highest BCUT2D eigenvalue weighted by molar-refractivity contribution is 14.0. The lowest BCUT2D eigenvalue weighted by atomic mass is 9.95. The molecule has 0 amide bonds. The van der Waals surface area contributed by atoms with Gasteiger partial charge in [-0.2, -0.15) is 13.2 Å². The van der Waals surface area contributed by atoms with E-state index in [0.717, 1.165) is 37.3 Å². The number of likely N-dealkylation sites (tertiary alicyclic amines) is 1. The molecule has 2 aliphatic rings. The first-order valence-electron chi connectivity index (χ1n) is 10.3. The Morgan fingerprint density at radius 3 is 2.57 bits per heavy atom. The first-order chi connectivity index (χ1) is 13.8. The molecular weight excluding hydrogens is 511 g/mol. The first-order valence-corrected chi connectivity index (χ1v) is 10.3. The number of hydrogen-bond acceptors (Lipinski definition) is 2. The van der Waals surface area contributed by atoms with E-state index in [1.807, 2.05) is 12.1 Å². The van der Waals surface area contributed by atoms with Gasteiger partial charge >= 0.3 is 6.18 Å². The number of halogens is 5. The minimum Gasteiger partial charge on any atom is -0.355 e. The van der Waals surface area contributed by atoms with Crippen LogP contribution < -0.4 is 5.32 Å². The predicted molar refractivity (Wildman–Crippen MR) is 122 cm³/mol. The molecule has 1 aromatic rings.